The van der Waals surface area contributed by atoms with E-state index in [1.54, 1.807) is 0 Å². The number of rotatable bonds is 3. The number of aldehydes is 1. The molecule has 1 heterocycles. The molecule has 1 saturated heterocycles. The third kappa shape index (κ3) is 2.60. The van der Waals surface area contributed by atoms with Gasteiger partial charge in [0.25, 0.3) is 0 Å². The molecular formula is C8H16N2O. The van der Waals surface area contributed by atoms with Gasteiger partial charge in [-0.2, -0.15) is 0 Å². The summed E-state index contributed by atoms with van der Waals surface area (Å²) in [5, 5.41) is 3.22. The van der Waals surface area contributed by atoms with Crippen LogP contribution >= 0.6 is 0 Å². The fourth-order valence-electron chi connectivity index (χ4n) is 1.45. The van der Waals surface area contributed by atoms with Crippen LogP contribution in [0.4, 0.5) is 0 Å². The second kappa shape index (κ2) is 4.46. The molecule has 0 aromatic carbocycles. The largest absolute Gasteiger partial charge is 0.304 e. The first-order chi connectivity index (χ1) is 5.36. The molecule has 1 aliphatic rings. The highest BCUT2D eigenvalue weighted by Gasteiger charge is 2.17. The lowest BCUT2D eigenvalue weighted by Crippen LogP contribution is -2.47. The lowest BCUT2D eigenvalue weighted by atomic mass is 10.1. The summed E-state index contributed by atoms with van der Waals surface area (Å²) in [6.45, 7) is 5.98. The molecular weight excluding hydrogens is 140 g/mol. The fraction of sp³-hybridized carbons (Fsp3) is 0.875. The minimum absolute atomic E-state index is 0.204. The van der Waals surface area contributed by atoms with Crippen LogP contribution in [0, 0.1) is 5.92 Å². The molecule has 0 aromatic heterocycles. The lowest BCUT2D eigenvalue weighted by molar-refractivity contribution is -0.112. The van der Waals surface area contributed by atoms with E-state index in [-0.39, 0.29) is 5.92 Å². The molecule has 64 valence electrons. The molecule has 11 heavy (non-hydrogen) atoms. The van der Waals surface area contributed by atoms with E-state index >= 15 is 0 Å². The molecule has 1 N–H and O–H groups in total. The molecule has 3 nitrogen and oxygen atoms in total. The molecule has 0 amide bonds. The van der Waals surface area contributed by atoms with Gasteiger partial charge in [0.1, 0.15) is 6.29 Å². The standard InChI is InChI=1S/C8H16N2O/c1-2-3-10-5-8(6-11)4-9-7-10/h6,8-9H,2-5,7H2,1H3. The van der Waals surface area contributed by atoms with Crippen LogP contribution in [0.2, 0.25) is 0 Å². The van der Waals surface area contributed by atoms with Crippen molar-refractivity contribution in [2.75, 3.05) is 26.3 Å². The molecule has 1 aliphatic heterocycles. The summed E-state index contributed by atoms with van der Waals surface area (Å²) in [5.74, 6) is 0.204. The molecule has 0 spiro atoms. The van der Waals surface area contributed by atoms with Gasteiger partial charge in [-0.05, 0) is 13.0 Å². The van der Waals surface area contributed by atoms with Crippen LogP contribution in [0.5, 0.6) is 0 Å². The van der Waals surface area contributed by atoms with E-state index in [4.69, 9.17) is 0 Å². The van der Waals surface area contributed by atoms with Gasteiger partial charge >= 0.3 is 0 Å². The smallest absolute Gasteiger partial charge is 0.125 e. The number of hydrogen-bond acceptors (Lipinski definition) is 3. The van der Waals surface area contributed by atoms with E-state index in [9.17, 15) is 4.79 Å². The Hall–Kier alpha value is -0.410. The maximum atomic E-state index is 10.4. The molecule has 1 rings (SSSR count). The van der Waals surface area contributed by atoms with Gasteiger partial charge in [-0.25, -0.2) is 0 Å². The van der Waals surface area contributed by atoms with Gasteiger partial charge in [-0.1, -0.05) is 6.92 Å². The SMILES string of the molecule is CCCN1CNCC(C=O)C1. The van der Waals surface area contributed by atoms with Crippen molar-refractivity contribution in [3.8, 4) is 0 Å². The minimum atomic E-state index is 0.204. The van der Waals surface area contributed by atoms with Crippen LogP contribution in [0.15, 0.2) is 0 Å². The van der Waals surface area contributed by atoms with Gasteiger partial charge < -0.3 is 10.1 Å². The van der Waals surface area contributed by atoms with Crippen LogP contribution in [-0.2, 0) is 4.79 Å². The Balaban J connectivity index is 2.27. The summed E-state index contributed by atoms with van der Waals surface area (Å²) in [5.41, 5.74) is 0. The highest BCUT2D eigenvalue weighted by molar-refractivity contribution is 5.54. The third-order valence-electron chi connectivity index (χ3n) is 1.97. The summed E-state index contributed by atoms with van der Waals surface area (Å²) < 4.78 is 0. The Morgan fingerprint density at radius 2 is 2.55 bits per heavy atom. The molecule has 1 fully saturated rings. The number of carbonyl (C=O) groups is 1. The number of hydrogen-bond donors (Lipinski definition) is 1. The van der Waals surface area contributed by atoms with Crippen LogP contribution in [0.3, 0.4) is 0 Å². The topological polar surface area (TPSA) is 32.3 Å². The van der Waals surface area contributed by atoms with Gasteiger partial charge in [0.05, 0.1) is 0 Å². The molecule has 3 heteroatoms. The van der Waals surface area contributed by atoms with Crippen LogP contribution in [0.25, 0.3) is 0 Å². The third-order valence-corrected chi connectivity index (χ3v) is 1.97. The van der Waals surface area contributed by atoms with E-state index in [1.165, 1.54) is 0 Å². The fourth-order valence-corrected chi connectivity index (χ4v) is 1.45. The van der Waals surface area contributed by atoms with Crippen LogP contribution in [0.1, 0.15) is 13.3 Å². The molecule has 0 saturated carbocycles. The second-order valence-corrected chi connectivity index (χ2v) is 3.09. The van der Waals surface area contributed by atoms with E-state index in [1.807, 2.05) is 0 Å². The van der Waals surface area contributed by atoms with E-state index in [2.05, 4.69) is 17.1 Å². The van der Waals surface area contributed by atoms with Crippen molar-refractivity contribution in [2.24, 2.45) is 5.92 Å². The van der Waals surface area contributed by atoms with Crippen LogP contribution in [-0.4, -0.2) is 37.5 Å². The van der Waals surface area contributed by atoms with Crippen molar-refractivity contribution in [1.29, 1.82) is 0 Å². The van der Waals surface area contributed by atoms with Crippen LogP contribution < -0.4 is 5.32 Å². The zero-order valence-corrected chi connectivity index (χ0v) is 7.05. The average Bonchev–Trinajstić information content (AvgIpc) is 2.06. The van der Waals surface area contributed by atoms with E-state index in [0.717, 1.165) is 39.0 Å². The number of nitrogens with zero attached hydrogens (tertiary/aromatic N) is 1. The zero-order valence-electron chi connectivity index (χ0n) is 7.05. The zero-order chi connectivity index (χ0) is 8.10. The predicted molar refractivity (Wildman–Crippen MR) is 44.3 cm³/mol. The van der Waals surface area contributed by atoms with Crippen molar-refractivity contribution < 1.29 is 4.79 Å². The number of carbonyl (C=O) groups excluding carboxylic acids is 1. The molecule has 0 bridgehead atoms. The first kappa shape index (κ1) is 8.68. The van der Waals surface area contributed by atoms with Gasteiger partial charge in [-0.3, -0.25) is 4.90 Å². The van der Waals surface area contributed by atoms with E-state index < -0.39 is 0 Å². The lowest BCUT2D eigenvalue weighted by Gasteiger charge is -2.30. The average molecular weight is 156 g/mol. The minimum Gasteiger partial charge on any atom is -0.304 e. The summed E-state index contributed by atoms with van der Waals surface area (Å²) >= 11 is 0. The maximum Gasteiger partial charge on any atom is 0.125 e. The molecule has 1 unspecified atom stereocenters. The molecule has 1 atom stereocenters. The van der Waals surface area contributed by atoms with Crippen molar-refractivity contribution in [2.45, 2.75) is 13.3 Å². The first-order valence-corrected chi connectivity index (χ1v) is 4.25. The summed E-state index contributed by atoms with van der Waals surface area (Å²) in [6.07, 6.45) is 2.21. The molecule has 0 aliphatic carbocycles. The highest BCUT2D eigenvalue weighted by Crippen LogP contribution is 2.02. The van der Waals surface area contributed by atoms with Gasteiger partial charge in [0.2, 0.25) is 0 Å². The normalized spacial score (nSPS) is 26.8. The quantitative estimate of drug-likeness (QED) is 0.587. The highest BCUT2D eigenvalue weighted by atomic mass is 16.1. The van der Waals surface area contributed by atoms with Crippen molar-refractivity contribution in [1.82, 2.24) is 10.2 Å². The van der Waals surface area contributed by atoms with Gasteiger partial charge in [0, 0.05) is 25.7 Å². The second-order valence-electron chi connectivity index (χ2n) is 3.09. The Labute approximate surface area is 67.8 Å². The van der Waals surface area contributed by atoms with Crippen molar-refractivity contribution in [3.63, 3.8) is 0 Å². The Morgan fingerprint density at radius 1 is 1.73 bits per heavy atom. The summed E-state index contributed by atoms with van der Waals surface area (Å²) in [7, 11) is 0. The predicted octanol–water partition coefficient (Wildman–Crippen LogP) is 0.0742. The maximum absolute atomic E-state index is 10.4. The molecule has 0 radical (unpaired) electrons. The van der Waals surface area contributed by atoms with Crippen molar-refractivity contribution in [3.05, 3.63) is 0 Å². The summed E-state index contributed by atoms with van der Waals surface area (Å²) in [6, 6.07) is 0. The Kier molecular flexibility index (Phi) is 3.52. The van der Waals surface area contributed by atoms with Gasteiger partial charge in [0.15, 0.2) is 0 Å². The number of nitrogens with one attached hydrogen (secondary N) is 1. The Morgan fingerprint density at radius 3 is 3.18 bits per heavy atom. The van der Waals surface area contributed by atoms with Crippen molar-refractivity contribution >= 4 is 6.29 Å². The van der Waals surface area contributed by atoms with E-state index in [0.29, 0.717) is 0 Å². The molecule has 0 aromatic rings. The Bertz CT molecular complexity index is 125. The first-order valence-electron chi connectivity index (χ1n) is 4.25. The summed E-state index contributed by atoms with van der Waals surface area (Å²) in [4.78, 5) is 12.7. The monoisotopic (exact) mass is 156 g/mol. The van der Waals surface area contributed by atoms with Gasteiger partial charge in [-0.15, -0.1) is 0 Å².